The van der Waals surface area contributed by atoms with E-state index >= 15 is 0 Å². The van der Waals surface area contributed by atoms with Gasteiger partial charge >= 0.3 is 17.9 Å². The van der Waals surface area contributed by atoms with Crippen LogP contribution in [0, 0.1) is 0 Å². The first kappa shape index (κ1) is 62.8. The highest BCUT2D eigenvalue weighted by molar-refractivity contribution is 5.71. The Morgan fingerprint density at radius 3 is 0.985 bits per heavy atom. The van der Waals surface area contributed by atoms with Gasteiger partial charge in [0.2, 0.25) is 0 Å². The first-order valence-electron chi connectivity index (χ1n) is 27.9. The summed E-state index contributed by atoms with van der Waals surface area (Å²) in [7, 11) is 0. The van der Waals surface area contributed by atoms with Gasteiger partial charge in [0.1, 0.15) is 13.2 Å². The van der Waals surface area contributed by atoms with E-state index in [0.29, 0.717) is 19.3 Å². The standard InChI is InChI=1S/C60H104O6/c1-4-7-10-13-16-19-22-25-27-28-29-30-31-32-33-36-38-41-44-47-50-53-59(62)65-56-57(55-64-58(61)52-49-46-43-40-37-34-24-21-18-15-12-9-6-3)66-60(63)54-51-48-45-42-39-35-26-23-20-17-14-11-8-5-2/h7,10,12,15-16,19,21,24-25,27,29-30,57H,4-6,8-9,11,13-14,17-18,20,22-23,26,28,31-56H2,1-3H3/b10-7-,15-12-,19-16-,24-21-,27-25-,30-29-. The zero-order valence-electron chi connectivity index (χ0n) is 43.4. The summed E-state index contributed by atoms with van der Waals surface area (Å²) in [5.41, 5.74) is 0. The van der Waals surface area contributed by atoms with Crippen LogP contribution in [0.25, 0.3) is 0 Å². The van der Waals surface area contributed by atoms with Gasteiger partial charge in [0, 0.05) is 19.3 Å². The van der Waals surface area contributed by atoms with E-state index in [4.69, 9.17) is 14.2 Å². The van der Waals surface area contributed by atoms with E-state index in [1.165, 1.54) is 116 Å². The Balaban J connectivity index is 4.35. The maximum absolute atomic E-state index is 12.8. The van der Waals surface area contributed by atoms with Crippen LogP contribution in [0.3, 0.4) is 0 Å². The van der Waals surface area contributed by atoms with Crippen molar-refractivity contribution in [3.05, 3.63) is 72.9 Å². The Labute approximate surface area is 408 Å². The maximum atomic E-state index is 12.8. The molecule has 0 radical (unpaired) electrons. The zero-order valence-corrected chi connectivity index (χ0v) is 43.4. The van der Waals surface area contributed by atoms with Crippen molar-refractivity contribution in [3.63, 3.8) is 0 Å². The predicted molar refractivity (Wildman–Crippen MR) is 284 cm³/mol. The van der Waals surface area contributed by atoms with E-state index < -0.39 is 6.10 Å². The maximum Gasteiger partial charge on any atom is 0.306 e. The minimum absolute atomic E-state index is 0.0824. The Bertz CT molecular complexity index is 1240. The Hall–Kier alpha value is -3.15. The molecule has 0 heterocycles. The van der Waals surface area contributed by atoms with Crippen molar-refractivity contribution in [2.24, 2.45) is 0 Å². The number of hydrogen-bond acceptors (Lipinski definition) is 6. The monoisotopic (exact) mass is 921 g/mol. The van der Waals surface area contributed by atoms with Crippen molar-refractivity contribution < 1.29 is 28.6 Å². The Kier molecular flexibility index (Phi) is 51.9. The van der Waals surface area contributed by atoms with Crippen LogP contribution in [-0.2, 0) is 28.6 Å². The highest BCUT2D eigenvalue weighted by Crippen LogP contribution is 2.16. The molecule has 6 heteroatoms. The van der Waals surface area contributed by atoms with Gasteiger partial charge in [0.05, 0.1) is 0 Å². The molecule has 1 unspecified atom stereocenters. The normalized spacial score (nSPS) is 12.6. The van der Waals surface area contributed by atoms with Crippen LogP contribution in [0.2, 0.25) is 0 Å². The number of unbranched alkanes of at least 4 members (excludes halogenated alkanes) is 27. The molecule has 0 aliphatic carbocycles. The Morgan fingerprint density at radius 1 is 0.318 bits per heavy atom. The average Bonchev–Trinajstić information content (AvgIpc) is 3.31. The smallest absolute Gasteiger partial charge is 0.306 e. The zero-order chi connectivity index (χ0) is 47.9. The van der Waals surface area contributed by atoms with E-state index in [1.807, 2.05) is 0 Å². The highest BCUT2D eigenvalue weighted by atomic mass is 16.6. The van der Waals surface area contributed by atoms with Gasteiger partial charge in [-0.05, 0) is 83.5 Å². The molecule has 6 nitrogen and oxygen atoms in total. The molecular weight excluding hydrogens is 817 g/mol. The fourth-order valence-electron chi connectivity index (χ4n) is 7.77. The third-order valence-corrected chi connectivity index (χ3v) is 11.9. The molecule has 0 bridgehead atoms. The number of carbonyl (C=O) groups excluding carboxylic acids is 3. The summed E-state index contributed by atoms with van der Waals surface area (Å²) in [4.78, 5) is 38.1. The van der Waals surface area contributed by atoms with Crippen LogP contribution in [0.5, 0.6) is 0 Å². The summed E-state index contributed by atoms with van der Waals surface area (Å²) in [6, 6.07) is 0. The lowest BCUT2D eigenvalue weighted by Crippen LogP contribution is -2.30. The van der Waals surface area contributed by atoms with Crippen molar-refractivity contribution in [2.45, 2.75) is 277 Å². The third kappa shape index (κ3) is 51.8. The van der Waals surface area contributed by atoms with Gasteiger partial charge in [-0.1, -0.05) is 241 Å². The summed E-state index contributed by atoms with van der Waals surface area (Å²) < 4.78 is 16.8. The first-order valence-corrected chi connectivity index (χ1v) is 27.9. The summed E-state index contributed by atoms with van der Waals surface area (Å²) in [5, 5.41) is 0. The molecule has 1 atom stereocenters. The second-order valence-corrected chi connectivity index (χ2v) is 18.5. The molecule has 0 amide bonds. The predicted octanol–water partition coefficient (Wildman–Crippen LogP) is 18.6. The lowest BCUT2D eigenvalue weighted by Gasteiger charge is -2.18. The van der Waals surface area contributed by atoms with Gasteiger partial charge in [-0.2, -0.15) is 0 Å². The summed E-state index contributed by atoms with van der Waals surface area (Å²) in [6.45, 7) is 6.46. The SMILES string of the molecule is CC/C=C\C/C=C\C/C=C\C/C=C\CCCCCCCCCCC(=O)OCC(COC(=O)CCCCCCC/C=C\C/C=C\CCC)OC(=O)CCCCCCCCCCCCCCCC. The molecule has 0 aromatic carbocycles. The fraction of sp³-hybridized carbons (Fsp3) is 0.750. The van der Waals surface area contributed by atoms with Gasteiger partial charge in [-0.3, -0.25) is 14.4 Å². The second-order valence-electron chi connectivity index (χ2n) is 18.5. The first-order chi connectivity index (χ1) is 32.5. The van der Waals surface area contributed by atoms with E-state index in [9.17, 15) is 14.4 Å². The van der Waals surface area contributed by atoms with Crippen molar-refractivity contribution in [3.8, 4) is 0 Å². The molecule has 380 valence electrons. The number of esters is 3. The molecule has 66 heavy (non-hydrogen) atoms. The lowest BCUT2D eigenvalue weighted by atomic mass is 10.0. The Morgan fingerprint density at radius 2 is 0.621 bits per heavy atom. The minimum atomic E-state index is -0.782. The molecule has 0 aromatic rings. The number of ether oxygens (including phenoxy) is 3. The largest absolute Gasteiger partial charge is 0.462 e. The molecular formula is C60H104O6. The van der Waals surface area contributed by atoms with Crippen LogP contribution >= 0.6 is 0 Å². The molecule has 0 aliphatic rings. The van der Waals surface area contributed by atoms with Gasteiger partial charge in [0.15, 0.2) is 6.10 Å². The van der Waals surface area contributed by atoms with E-state index in [2.05, 4.69) is 93.7 Å². The number of allylic oxidation sites excluding steroid dienone is 12. The summed E-state index contributed by atoms with van der Waals surface area (Å²) >= 11 is 0. The molecule has 0 aromatic heterocycles. The van der Waals surface area contributed by atoms with Crippen LogP contribution < -0.4 is 0 Å². The molecule has 0 rings (SSSR count). The summed E-state index contributed by atoms with van der Waals surface area (Å²) in [6.07, 6.45) is 68.9. The highest BCUT2D eigenvalue weighted by Gasteiger charge is 2.19. The molecule has 0 N–H and O–H groups in total. The average molecular weight is 921 g/mol. The van der Waals surface area contributed by atoms with Gasteiger partial charge < -0.3 is 14.2 Å². The number of rotatable bonds is 50. The quantitative estimate of drug-likeness (QED) is 0.0262. The van der Waals surface area contributed by atoms with Gasteiger partial charge in [0.25, 0.3) is 0 Å². The third-order valence-electron chi connectivity index (χ3n) is 11.9. The molecule has 0 fully saturated rings. The number of hydrogen-bond donors (Lipinski definition) is 0. The number of carbonyl (C=O) groups is 3. The van der Waals surface area contributed by atoms with E-state index in [-0.39, 0.29) is 31.1 Å². The molecule has 0 saturated carbocycles. The second kappa shape index (κ2) is 54.5. The lowest BCUT2D eigenvalue weighted by molar-refractivity contribution is -0.167. The van der Waals surface area contributed by atoms with E-state index in [1.54, 1.807) is 0 Å². The van der Waals surface area contributed by atoms with Crippen molar-refractivity contribution in [1.82, 2.24) is 0 Å². The fourth-order valence-corrected chi connectivity index (χ4v) is 7.77. The van der Waals surface area contributed by atoms with Crippen molar-refractivity contribution in [1.29, 1.82) is 0 Å². The van der Waals surface area contributed by atoms with Gasteiger partial charge in [-0.15, -0.1) is 0 Å². The molecule has 0 spiro atoms. The topological polar surface area (TPSA) is 78.9 Å². The minimum Gasteiger partial charge on any atom is -0.462 e. The summed E-state index contributed by atoms with van der Waals surface area (Å²) in [5.74, 6) is -0.896. The van der Waals surface area contributed by atoms with Crippen LogP contribution in [-0.4, -0.2) is 37.2 Å². The van der Waals surface area contributed by atoms with Crippen LogP contribution in [0.4, 0.5) is 0 Å². The molecule has 0 saturated heterocycles. The van der Waals surface area contributed by atoms with Crippen LogP contribution in [0.15, 0.2) is 72.9 Å². The van der Waals surface area contributed by atoms with E-state index in [0.717, 1.165) is 116 Å². The van der Waals surface area contributed by atoms with Crippen molar-refractivity contribution >= 4 is 17.9 Å². The van der Waals surface area contributed by atoms with Crippen LogP contribution in [0.1, 0.15) is 271 Å². The molecule has 0 aliphatic heterocycles. The van der Waals surface area contributed by atoms with Crippen molar-refractivity contribution in [2.75, 3.05) is 13.2 Å². The van der Waals surface area contributed by atoms with Gasteiger partial charge in [-0.25, -0.2) is 0 Å².